The van der Waals surface area contributed by atoms with E-state index in [1.54, 1.807) is 0 Å². The van der Waals surface area contributed by atoms with Gasteiger partial charge in [-0.3, -0.25) is 0 Å². The second kappa shape index (κ2) is 105. The summed E-state index contributed by atoms with van der Waals surface area (Å²) in [6.07, 6.45) is 104. The Bertz CT molecular complexity index is 1470. The van der Waals surface area contributed by atoms with Crippen LogP contribution in [0.5, 0.6) is 0 Å². The van der Waals surface area contributed by atoms with E-state index in [9.17, 15) is 49.5 Å². The van der Waals surface area contributed by atoms with Gasteiger partial charge >= 0.3 is 18.6 Å². The SMILES string of the molecule is CCCCCCCCC=CCCCCCCCC(=O)[O-].CCCCCCCCC=CCCCCCCCC(=O)[O-].CCCCCCCCC=CCCCCCCCC(=O)[O-].CCCCCCCCC=CCCCCCCCC(=O)[O-].CCCCCCCCC=CCCCCCCCC(=O)[O-].[V+5]. The number of carboxylic acid groups (broad SMARTS) is 5. The molecule has 0 saturated heterocycles. The molecule has 0 aliphatic heterocycles. The number of aliphatic carboxylic acids is 5. The first kappa shape index (κ1) is 109. The molecule has 0 spiro atoms. The van der Waals surface area contributed by atoms with Crippen molar-refractivity contribution in [2.75, 3.05) is 0 Å². The number of allylic oxidation sites excluding steroid dienone is 10. The van der Waals surface area contributed by atoms with Gasteiger partial charge in [0.25, 0.3) is 0 Å². The van der Waals surface area contributed by atoms with Crippen LogP contribution in [0, 0.1) is 0 Å². The fourth-order valence-electron chi connectivity index (χ4n) is 11.7. The Kier molecular flexibility index (Phi) is 113. The number of hydrogen-bond acceptors (Lipinski definition) is 10. The average molecular weight is 1460 g/mol. The summed E-state index contributed by atoms with van der Waals surface area (Å²) in [5.41, 5.74) is 0. The number of hydrogen-bond donors (Lipinski definition) is 0. The van der Waals surface area contributed by atoms with Gasteiger partial charge in [0.2, 0.25) is 0 Å². The van der Waals surface area contributed by atoms with E-state index in [2.05, 4.69) is 95.4 Å². The molecule has 0 rings (SSSR count). The minimum Gasteiger partial charge on any atom is -0.550 e. The molecule has 0 bridgehead atoms. The van der Waals surface area contributed by atoms with Crippen molar-refractivity contribution in [3.05, 3.63) is 60.8 Å². The Morgan fingerprint density at radius 3 is 0.347 bits per heavy atom. The van der Waals surface area contributed by atoms with Gasteiger partial charge in [-0.2, -0.15) is 0 Å². The molecule has 0 aromatic carbocycles. The second-order valence-electron chi connectivity index (χ2n) is 28.5. The van der Waals surface area contributed by atoms with Crippen molar-refractivity contribution in [3.8, 4) is 0 Å². The third-order valence-electron chi connectivity index (χ3n) is 18.2. The van der Waals surface area contributed by atoms with Gasteiger partial charge in [0.15, 0.2) is 0 Å². The third kappa shape index (κ3) is 130. The number of carboxylic acids is 5. The monoisotopic (exact) mass is 1460 g/mol. The van der Waals surface area contributed by atoms with Gasteiger partial charge in [-0.05, 0) is 193 Å². The van der Waals surface area contributed by atoms with Crippen LogP contribution in [0.15, 0.2) is 60.8 Å². The Labute approximate surface area is 639 Å². The van der Waals surface area contributed by atoms with Crippen molar-refractivity contribution in [2.45, 2.75) is 484 Å². The van der Waals surface area contributed by atoms with Crippen molar-refractivity contribution in [3.63, 3.8) is 0 Å². The Morgan fingerprint density at radius 2 is 0.248 bits per heavy atom. The third-order valence-corrected chi connectivity index (χ3v) is 18.2. The molecule has 0 aliphatic rings. The van der Waals surface area contributed by atoms with Crippen LogP contribution >= 0.6 is 0 Å². The van der Waals surface area contributed by atoms with Gasteiger partial charge in [0.05, 0.1) is 0 Å². The van der Waals surface area contributed by atoms with E-state index in [1.807, 2.05) is 0 Å². The van der Waals surface area contributed by atoms with Crippen LogP contribution in [0.1, 0.15) is 484 Å². The number of rotatable bonds is 75. The summed E-state index contributed by atoms with van der Waals surface area (Å²) in [5, 5.41) is 51.1. The number of carbonyl (C=O) groups is 5. The molecule has 0 aliphatic carbocycles. The Hall–Kier alpha value is -3.37. The molecule has 0 aromatic rings. The van der Waals surface area contributed by atoms with Gasteiger partial charge in [-0.25, -0.2) is 0 Å². The second-order valence-corrected chi connectivity index (χ2v) is 28.5. The molecule has 101 heavy (non-hydrogen) atoms. The Balaban J connectivity index is -0.000000279. The molecule has 0 unspecified atom stereocenters. The summed E-state index contributed by atoms with van der Waals surface area (Å²) in [5.74, 6) is -4.57. The topological polar surface area (TPSA) is 201 Å². The van der Waals surface area contributed by atoms with Gasteiger partial charge in [-0.1, -0.05) is 352 Å². The van der Waals surface area contributed by atoms with E-state index in [0.29, 0.717) is 0 Å². The minimum atomic E-state index is -0.914. The van der Waals surface area contributed by atoms with E-state index in [4.69, 9.17) is 0 Å². The molecule has 0 aromatic heterocycles. The zero-order valence-electron chi connectivity index (χ0n) is 67.3. The van der Waals surface area contributed by atoms with Gasteiger partial charge in [0.1, 0.15) is 0 Å². The quantitative estimate of drug-likeness (QED) is 0.0417. The molecule has 0 N–H and O–H groups in total. The first-order chi connectivity index (χ1) is 48.9. The molecular formula is C90H165O10V. The van der Waals surface area contributed by atoms with Crippen LogP contribution in [0.4, 0.5) is 0 Å². The molecule has 11 heteroatoms. The Morgan fingerprint density at radius 1 is 0.158 bits per heavy atom. The molecule has 0 fully saturated rings. The molecule has 0 heterocycles. The summed E-state index contributed by atoms with van der Waals surface area (Å²) >= 11 is 0. The molecule has 0 amide bonds. The van der Waals surface area contributed by atoms with E-state index in [0.717, 1.165) is 96.3 Å². The van der Waals surface area contributed by atoms with Crippen LogP contribution in [0.3, 0.4) is 0 Å². The average Bonchev–Trinajstić information content (AvgIpc) is 3.67. The predicted molar refractivity (Wildman–Crippen MR) is 422 cm³/mol. The summed E-state index contributed by atoms with van der Waals surface area (Å²) in [6, 6.07) is 0. The van der Waals surface area contributed by atoms with E-state index < -0.39 is 29.8 Å². The summed E-state index contributed by atoms with van der Waals surface area (Å²) in [7, 11) is 0. The van der Waals surface area contributed by atoms with Gasteiger partial charge < -0.3 is 49.5 Å². The van der Waals surface area contributed by atoms with Crippen molar-refractivity contribution in [2.24, 2.45) is 0 Å². The van der Waals surface area contributed by atoms with Crippen molar-refractivity contribution in [1.29, 1.82) is 0 Å². The molecule has 590 valence electrons. The van der Waals surface area contributed by atoms with Crippen LogP contribution in [0.2, 0.25) is 0 Å². The first-order valence-electron chi connectivity index (χ1n) is 43.1. The zero-order valence-corrected chi connectivity index (χ0v) is 68.7. The van der Waals surface area contributed by atoms with Gasteiger partial charge in [0, 0.05) is 29.8 Å². The maximum Gasteiger partial charge on any atom is 5.00 e. The minimum absolute atomic E-state index is 0. The summed E-state index contributed by atoms with van der Waals surface area (Å²) in [4.78, 5) is 51.1. The van der Waals surface area contributed by atoms with E-state index in [-0.39, 0.29) is 50.7 Å². The van der Waals surface area contributed by atoms with Crippen LogP contribution < -0.4 is 25.5 Å². The standard InChI is InChI=1S/5C18H34O2.V/c5*1-2-3-4-5-6-7-8-9-10-11-12-13-14-15-16-17-18(19)20;/h5*9-10H,2-8,11-17H2,1H3,(H,19,20);/q;;;;;+5/p-5. The smallest absolute Gasteiger partial charge is 0.550 e. The van der Waals surface area contributed by atoms with Crippen molar-refractivity contribution >= 4 is 29.8 Å². The van der Waals surface area contributed by atoms with Gasteiger partial charge in [-0.15, -0.1) is 0 Å². The summed E-state index contributed by atoms with van der Waals surface area (Å²) in [6.45, 7) is 11.3. The zero-order chi connectivity index (χ0) is 74.5. The molecule has 0 atom stereocenters. The number of unbranched alkanes of at least 4 members (excludes halogenated alkanes) is 55. The van der Waals surface area contributed by atoms with Crippen molar-refractivity contribution in [1.82, 2.24) is 0 Å². The first-order valence-corrected chi connectivity index (χ1v) is 43.1. The molecule has 0 saturated carbocycles. The van der Waals surface area contributed by atoms with E-state index in [1.165, 1.54) is 321 Å². The maximum atomic E-state index is 10.2. The fraction of sp³-hybridized carbons (Fsp3) is 0.833. The largest absolute Gasteiger partial charge is 5.00 e. The molecule has 0 radical (unpaired) electrons. The van der Waals surface area contributed by atoms with Crippen LogP contribution in [-0.4, -0.2) is 29.8 Å². The molecular weight excluding hydrogens is 1290 g/mol. The van der Waals surface area contributed by atoms with E-state index >= 15 is 0 Å². The molecule has 10 nitrogen and oxygen atoms in total. The van der Waals surface area contributed by atoms with Crippen LogP contribution in [0.25, 0.3) is 0 Å². The van der Waals surface area contributed by atoms with Crippen LogP contribution in [-0.2, 0) is 42.5 Å². The predicted octanol–water partition coefficient (Wildman–Crippen LogP) is 23.9. The summed E-state index contributed by atoms with van der Waals surface area (Å²) < 4.78 is 0. The normalized spacial score (nSPS) is 11.1. The fourth-order valence-corrected chi connectivity index (χ4v) is 11.7. The maximum absolute atomic E-state index is 10.2. The van der Waals surface area contributed by atoms with Crippen molar-refractivity contribution < 1.29 is 68.1 Å². The number of carbonyl (C=O) groups excluding carboxylic acids is 5.